The molecule has 0 saturated carbocycles. The summed E-state index contributed by atoms with van der Waals surface area (Å²) >= 11 is 5.96. The van der Waals surface area contributed by atoms with E-state index in [1.165, 1.54) is 5.56 Å². The van der Waals surface area contributed by atoms with Crippen molar-refractivity contribution >= 4 is 23.4 Å². The molecule has 2 amide bonds. The highest BCUT2D eigenvalue weighted by atomic mass is 35.5. The van der Waals surface area contributed by atoms with Crippen molar-refractivity contribution in [3.05, 3.63) is 64.9 Å². The summed E-state index contributed by atoms with van der Waals surface area (Å²) in [7, 11) is 1.96. The Hall–Kier alpha value is -2.44. The van der Waals surface area contributed by atoms with Crippen molar-refractivity contribution in [2.24, 2.45) is 11.8 Å². The fraction of sp³-hybridized carbons (Fsp3) is 0.458. The third-order valence-electron chi connectivity index (χ3n) is 7.54. The first-order valence-electron chi connectivity index (χ1n) is 10.9. The molecule has 2 atom stereocenters. The van der Waals surface area contributed by atoms with Gasteiger partial charge in [0.1, 0.15) is 0 Å². The molecule has 0 bridgehead atoms. The molecule has 31 heavy (non-hydrogen) atoms. The van der Waals surface area contributed by atoms with Gasteiger partial charge in [-0.1, -0.05) is 17.7 Å². The van der Waals surface area contributed by atoms with E-state index in [2.05, 4.69) is 16.0 Å². The zero-order valence-corrected chi connectivity index (χ0v) is 18.5. The van der Waals surface area contributed by atoms with Crippen LogP contribution in [0.15, 0.2) is 48.8 Å². The smallest absolute Gasteiger partial charge is 0.253 e. The molecule has 7 heteroatoms. The number of hydrogen-bond acceptors (Lipinski definition) is 4. The Morgan fingerprint density at radius 2 is 1.90 bits per heavy atom. The number of hydrogen-bond donors (Lipinski definition) is 0. The van der Waals surface area contributed by atoms with Crippen molar-refractivity contribution in [2.45, 2.75) is 24.9 Å². The molecule has 1 aromatic carbocycles. The lowest BCUT2D eigenvalue weighted by atomic mass is 9.75. The minimum absolute atomic E-state index is 0.0414. The van der Waals surface area contributed by atoms with Gasteiger partial charge in [-0.05, 0) is 48.7 Å². The molecule has 2 aromatic rings. The van der Waals surface area contributed by atoms with Crippen LogP contribution >= 0.6 is 11.6 Å². The van der Waals surface area contributed by atoms with Crippen LogP contribution in [0.1, 0.15) is 28.8 Å². The normalized spacial score (nSPS) is 25.3. The van der Waals surface area contributed by atoms with Crippen LogP contribution < -0.4 is 0 Å². The molecule has 1 spiro atoms. The molecule has 3 aliphatic heterocycles. The average molecular weight is 439 g/mol. The fourth-order valence-corrected chi connectivity index (χ4v) is 5.98. The molecule has 4 heterocycles. The van der Waals surface area contributed by atoms with Crippen molar-refractivity contribution in [3.8, 4) is 0 Å². The highest BCUT2D eigenvalue weighted by Crippen LogP contribution is 2.49. The summed E-state index contributed by atoms with van der Waals surface area (Å²) in [4.78, 5) is 36.6. The van der Waals surface area contributed by atoms with Crippen molar-refractivity contribution in [1.29, 1.82) is 0 Å². The Labute approximate surface area is 187 Å². The predicted octanol–water partition coefficient (Wildman–Crippen LogP) is 2.93. The minimum atomic E-state index is -0.151. The van der Waals surface area contributed by atoms with Gasteiger partial charge in [-0.2, -0.15) is 0 Å². The zero-order valence-electron chi connectivity index (χ0n) is 17.7. The van der Waals surface area contributed by atoms with Crippen LogP contribution in [0, 0.1) is 11.8 Å². The lowest BCUT2D eigenvalue weighted by Gasteiger charge is -2.46. The van der Waals surface area contributed by atoms with Gasteiger partial charge >= 0.3 is 0 Å². The molecular formula is C24H27ClN4O2. The van der Waals surface area contributed by atoms with Crippen molar-refractivity contribution in [3.63, 3.8) is 0 Å². The number of nitrogens with zero attached hydrogens (tertiary/aromatic N) is 4. The summed E-state index contributed by atoms with van der Waals surface area (Å²) in [6.45, 7) is 3.89. The van der Waals surface area contributed by atoms with E-state index < -0.39 is 0 Å². The van der Waals surface area contributed by atoms with Crippen molar-refractivity contribution in [2.75, 3.05) is 33.2 Å². The second-order valence-corrected chi connectivity index (χ2v) is 9.50. The van der Waals surface area contributed by atoms with Gasteiger partial charge in [-0.3, -0.25) is 19.5 Å². The van der Waals surface area contributed by atoms with E-state index in [4.69, 9.17) is 11.6 Å². The maximum absolute atomic E-state index is 13.1. The molecule has 5 rings (SSSR count). The summed E-state index contributed by atoms with van der Waals surface area (Å²) in [5.41, 5.74) is 1.70. The number of halogens is 1. The number of likely N-dealkylation sites (tertiary alicyclic amines) is 3. The van der Waals surface area contributed by atoms with Crippen LogP contribution in [0.2, 0.25) is 5.02 Å². The monoisotopic (exact) mass is 438 g/mol. The summed E-state index contributed by atoms with van der Waals surface area (Å²) in [5.74, 6) is 0.672. The standard InChI is InChI=1S/C24H27ClN4O2/c1-27-23(31)20-15-28(14-17-3-2-10-26-13-17)16-21(20)24(27)8-11-29(12-9-24)22(30)18-4-6-19(25)7-5-18/h2-7,10,13,20-21H,8-9,11-12,14-16H2,1H3/t20-,21+/m1/s1. The Kier molecular flexibility index (Phi) is 5.22. The van der Waals surface area contributed by atoms with Gasteiger partial charge in [0, 0.05) is 68.7 Å². The third-order valence-corrected chi connectivity index (χ3v) is 7.79. The van der Waals surface area contributed by atoms with Crippen LogP contribution in [0.25, 0.3) is 0 Å². The van der Waals surface area contributed by atoms with E-state index in [-0.39, 0.29) is 23.3 Å². The van der Waals surface area contributed by atoms with Crippen molar-refractivity contribution < 1.29 is 9.59 Å². The number of benzene rings is 1. The zero-order chi connectivity index (χ0) is 21.6. The predicted molar refractivity (Wildman–Crippen MR) is 119 cm³/mol. The summed E-state index contributed by atoms with van der Waals surface area (Å²) < 4.78 is 0. The van der Waals surface area contributed by atoms with Gasteiger partial charge in [0.25, 0.3) is 5.91 Å². The average Bonchev–Trinajstić information content (AvgIpc) is 3.29. The van der Waals surface area contributed by atoms with E-state index >= 15 is 0 Å². The van der Waals surface area contributed by atoms with Gasteiger partial charge in [0.2, 0.25) is 5.91 Å². The SMILES string of the molecule is CN1C(=O)[C@@H]2CN(Cc3cccnc3)C[C@@H]2C12CCN(C(=O)c1ccc(Cl)cc1)CC2. The Morgan fingerprint density at radius 3 is 2.58 bits per heavy atom. The first-order valence-corrected chi connectivity index (χ1v) is 11.3. The van der Waals surface area contributed by atoms with Gasteiger partial charge in [0.05, 0.1) is 11.5 Å². The Balaban J connectivity index is 1.29. The quantitative estimate of drug-likeness (QED) is 0.739. The maximum atomic E-state index is 13.1. The Morgan fingerprint density at radius 1 is 1.16 bits per heavy atom. The molecule has 162 valence electrons. The molecule has 0 unspecified atom stereocenters. The number of rotatable bonds is 3. The summed E-state index contributed by atoms with van der Waals surface area (Å²) in [5, 5.41) is 0.628. The summed E-state index contributed by atoms with van der Waals surface area (Å²) in [6, 6.07) is 11.1. The van der Waals surface area contributed by atoms with E-state index in [0.717, 1.165) is 32.5 Å². The lowest BCUT2D eigenvalue weighted by molar-refractivity contribution is -0.133. The van der Waals surface area contributed by atoms with Gasteiger partial charge in [-0.25, -0.2) is 0 Å². The number of aromatic nitrogens is 1. The number of amides is 2. The van der Waals surface area contributed by atoms with Crippen LogP contribution in [0.4, 0.5) is 0 Å². The Bertz CT molecular complexity index is 973. The highest BCUT2D eigenvalue weighted by Gasteiger charge is 2.60. The van der Waals surface area contributed by atoms with Gasteiger partial charge in [-0.15, -0.1) is 0 Å². The van der Waals surface area contributed by atoms with Crippen LogP contribution in [0.5, 0.6) is 0 Å². The van der Waals surface area contributed by atoms with Crippen LogP contribution in [-0.2, 0) is 11.3 Å². The van der Waals surface area contributed by atoms with E-state index in [0.29, 0.717) is 29.6 Å². The third kappa shape index (κ3) is 3.52. The minimum Gasteiger partial charge on any atom is -0.339 e. The first kappa shape index (κ1) is 20.5. The molecular weight excluding hydrogens is 412 g/mol. The molecule has 1 aromatic heterocycles. The molecule has 3 saturated heterocycles. The fourth-order valence-electron chi connectivity index (χ4n) is 5.85. The summed E-state index contributed by atoms with van der Waals surface area (Å²) in [6.07, 6.45) is 5.35. The number of pyridine rings is 1. The molecule has 0 N–H and O–H groups in total. The molecule has 3 aliphatic rings. The van der Waals surface area contributed by atoms with Gasteiger partial charge in [0.15, 0.2) is 0 Å². The highest BCUT2D eigenvalue weighted by molar-refractivity contribution is 6.30. The molecule has 0 aliphatic carbocycles. The number of carbonyl (C=O) groups is 2. The van der Waals surface area contributed by atoms with Gasteiger partial charge < -0.3 is 9.80 Å². The number of piperidine rings is 1. The van der Waals surface area contributed by atoms with E-state index in [1.54, 1.807) is 30.5 Å². The number of fused-ring (bicyclic) bond motifs is 2. The molecule has 3 fully saturated rings. The second kappa shape index (κ2) is 7.92. The van der Waals surface area contributed by atoms with E-state index in [1.807, 2.05) is 29.1 Å². The lowest BCUT2D eigenvalue weighted by Crippen LogP contribution is -2.56. The maximum Gasteiger partial charge on any atom is 0.253 e. The first-order chi connectivity index (χ1) is 15.0. The van der Waals surface area contributed by atoms with Crippen molar-refractivity contribution in [1.82, 2.24) is 19.7 Å². The molecule has 6 nitrogen and oxygen atoms in total. The topological polar surface area (TPSA) is 56.8 Å². The molecule has 0 radical (unpaired) electrons. The van der Waals surface area contributed by atoms with Crippen LogP contribution in [-0.4, -0.2) is 70.3 Å². The van der Waals surface area contributed by atoms with Crippen LogP contribution in [0.3, 0.4) is 0 Å². The van der Waals surface area contributed by atoms with E-state index in [9.17, 15) is 9.59 Å². The number of carbonyl (C=O) groups excluding carboxylic acids is 2. The largest absolute Gasteiger partial charge is 0.339 e. The second-order valence-electron chi connectivity index (χ2n) is 9.07.